The van der Waals surface area contributed by atoms with Gasteiger partial charge in [0.25, 0.3) is 10.0 Å². The third kappa shape index (κ3) is 5.09. The predicted octanol–water partition coefficient (Wildman–Crippen LogP) is 3.83. The second kappa shape index (κ2) is 9.94. The number of aromatic nitrogens is 1. The van der Waals surface area contributed by atoms with Gasteiger partial charge in [0.1, 0.15) is 18.0 Å². The van der Waals surface area contributed by atoms with Crippen LogP contribution < -0.4 is 14.4 Å². The second-order valence-electron chi connectivity index (χ2n) is 8.53. The van der Waals surface area contributed by atoms with Gasteiger partial charge in [-0.05, 0) is 63.3 Å². The molecule has 0 bridgehead atoms. The fourth-order valence-electron chi connectivity index (χ4n) is 4.31. The molecule has 1 amide bonds. The summed E-state index contributed by atoms with van der Waals surface area (Å²) in [5, 5.41) is 6.86. The highest BCUT2D eigenvalue weighted by molar-refractivity contribution is 7.93. The van der Waals surface area contributed by atoms with E-state index in [0.29, 0.717) is 29.9 Å². The number of amides is 1. The third-order valence-electron chi connectivity index (χ3n) is 6.29. The van der Waals surface area contributed by atoms with E-state index in [1.165, 1.54) is 0 Å². The lowest BCUT2D eigenvalue weighted by molar-refractivity contribution is -0.121. The first-order valence-corrected chi connectivity index (χ1v) is 12.6. The summed E-state index contributed by atoms with van der Waals surface area (Å²) < 4.78 is 38.9. The number of hydrogen-bond acceptors (Lipinski definition) is 6. The number of sulfonamides is 1. The number of hydrogen-bond donors (Lipinski definition) is 1. The molecule has 176 valence electrons. The first kappa shape index (κ1) is 24.1. The summed E-state index contributed by atoms with van der Waals surface area (Å²) in [6.45, 7) is 9.49. The highest BCUT2D eigenvalue weighted by Gasteiger charge is 2.34. The van der Waals surface area contributed by atoms with Crippen LogP contribution in [0.2, 0.25) is 0 Å². The molecule has 0 aliphatic heterocycles. The molecule has 9 heteroatoms. The van der Waals surface area contributed by atoms with Crippen LogP contribution in [0.4, 0.5) is 5.69 Å². The zero-order valence-electron chi connectivity index (χ0n) is 19.4. The Morgan fingerprint density at radius 1 is 1.22 bits per heavy atom. The highest BCUT2D eigenvalue weighted by Crippen LogP contribution is 2.31. The number of nitrogens with zero attached hydrogens (tertiary/aromatic N) is 2. The Morgan fingerprint density at radius 3 is 2.50 bits per heavy atom. The molecule has 0 spiro atoms. The van der Waals surface area contributed by atoms with Crippen molar-refractivity contribution in [1.82, 2.24) is 10.5 Å². The lowest BCUT2D eigenvalue weighted by Crippen LogP contribution is -2.48. The van der Waals surface area contributed by atoms with Gasteiger partial charge in [0.05, 0.1) is 12.3 Å². The molecule has 1 aromatic carbocycles. The number of nitrogens with one attached hydrogen (secondary N) is 1. The molecule has 1 aliphatic rings. The van der Waals surface area contributed by atoms with Crippen molar-refractivity contribution in [2.45, 2.75) is 64.8 Å². The molecule has 2 aromatic rings. The maximum atomic E-state index is 13.6. The number of ether oxygens (including phenoxy) is 1. The summed E-state index contributed by atoms with van der Waals surface area (Å²) >= 11 is 0. The van der Waals surface area contributed by atoms with Crippen molar-refractivity contribution in [3.8, 4) is 5.75 Å². The molecule has 1 N–H and O–H groups in total. The van der Waals surface area contributed by atoms with Crippen molar-refractivity contribution in [2.75, 3.05) is 17.5 Å². The Balaban J connectivity index is 1.91. The zero-order chi connectivity index (χ0) is 23.5. The average molecular weight is 464 g/mol. The van der Waals surface area contributed by atoms with Gasteiger partial charge >= 0.3 is 0 Å². The van der Waals surface area contributed by atoms with Gasteiger partial charge in [-0.25, -0.2) is 8.42 Å². The molecule has 3 atom stereocenters. The molecule has 1 fully saturated rings. The summed E-state index contributed by atoms with van der Waals surface area (Å²) in [7, 11) is -4.08. The van der Waals surface area contributed by atoms with Crippen molar-refractivity contribution in [3.63, 3.8) is 0 Å². The normalized spacial score (nSPS) is 21.2. The molecule has 1 saturated carbocycles. The molecule has 0 saturated heterocycles. The summed E-state index contributed by atoms with van der Waals surface area (Å²) in [4.78, 5) is 13.0. The summed E-state index contributed by atoms with van der Waals surface area (Å²) in [5.74, 6) is 1.34. The lowest BCUT2D eigenvalue weighted by Gasteiger charge is -2.35. The van der Waals surface area contributed by atoms with E-state index >= 15 is 0 Å². The SMILES string of the molecule is CCOc1ccc(N(CC(=O)N[C@@H]2CCC[C@H](C)[C@@H]2C)S(=O)(=O)c2c(C)noc2C)cc1. The van der Waals surface area contributed by atoms with Gasteiger partial charge < -0.3 is 14.6 Å². The van der Waals surface area contributed by atoms with E-state index in [-0.39, 0.29) is 34.8 Å². The van der Waals surface area contributed by atoms with E-state index in [1.807, 2.05) is 6.92 Å². The average Bonchev–Trinajstić information content (AvgIpc) is 3.09. The monoisotopic (exact) mass is 463 g/mol. The zero-order valence-corrected chi connectivity index (χ0v) is 20.2. The first-order chi connectivity index (χ1) is 15.1. The first-order valence-electron chi connectivity index (χ1n) is 11.1. The minimum Gasteiger partial charge on any atom is -0.494 e. The fourth-order valence-corrected chi connectivity index (χ4v) is 6.03. The van der Waals surface area contributed by atoms with E-state index in [0.717, 1.165) is 23.6 Å². The van der Waals surface area contributed by atoms with Gasteiger partial charge in [0, 0.05) is 6.04 Å². The Kier molecular flexibility index (Phi) is 7.48. The summed E-state index contributed by atoms with van der Waals surface area (Å²) in [5.41, 5.74) is 0.627. The van der Waals surface area contributed by atoms with Crippen LogP contribution in [-0.2, 0) is 14.8 Å². The Bertz CT molecular complexity index is 1010. The number of benzene rings is 1. The molecule has 3 rings (SSSR count). The van der Waals surface area contributed by atoms with Gasteiger partial charge in [0.15, 0.2) is 10.7 Å². The number of carbonyl (C=O) groups is 1. The predicted molar refractivity (Wildman–Crippen MR) is 122 cm³/mol. The van der Waals surface area contributed by atoms with Crippen LogP contribution in [0.5, 0.6) is 5.75 Å². The number of rotatable bonds is 8. The Labute approximate surface area is 190 Å². The lowest BCUT2D eigenvalue weighted by atomic mass is 9.78. The Hall–Kier alpha value is -2.55. The number of carbonyl (C=O) groups excluding carboxylic acids is 1. The van der Waals surface area contributed by atoms with Crippen molar-refractivity contribution in [3.05, 3.63) is 35.7 Å². The van der Waals surface area contributed by atoms with Crippen molar-refractivity contribution in [2.24, 2.45) is 11.8 Å². The van der Waals surface area contributed by atoms with Gasteiger partial charge in [0.2, 0.25) is 5.91 Å². The van der Waals surface area contributed by atoms with E-state index < -0.39 is 10.0 Å². The maximum Gasteiger partial charge on any atom is 0.270 e. The molecule has 8 nitrogen and oxygen atoms in total. The van der Waals surface area contributed by atoms with Crippen LogP contribution in [0.25, 0.3) is 0 Å². The van der Waals surface area contributed by atoms with E-state index in [2.05, 4.69) is 24.3 Å². The minimum atomic E-state index is -4.08. The quantitative estimate of drug-likeness (QED) is 0.638. The summed E-state index contributed by atoms with van der Waals surface area (Å²) in [6, 6.07) is 6.70. The minimum absolute atomic E-state index is 0.0150. The maximum absolute atomic E-state index is 13.6. The van der Waals surface area contributed by atoms with E-state index in [4.69, 9.17) is 9.26 Å². The van der Waals surface area contributed by atoms with E-state index in [1.54, 1.807) is 38.1 Å². The van der Waals surface area contributed by atoms with Crippen LogP contribution in [-0.4, -0.2) is 38.7 Å². The molecular weight excluding hydrogens is 430 g/mol. The number of anilines is 1. The van der Waals surface area contributed by atoms with Crippen LogP contribution in [0.1, 0.15) is 51.5 Å². The molecule has 1 heterocycles. The fraction of sp³-hybridized carbons (Fsp3) is 0.565. The van der Waals surface area contributed by atoms with Crippen LogP contribution >= 0.6 is 0 Å². The molecule has 0 unspecified atom stereocenters. The van der Waals surface area contributed by atoms with Crippen LogP contribution in [0, 0.1) is 25.7 Å². The van der Waals surface area contributed by atoms with Crippen molar-refractivity contribution < 1.29 is 22.5 Å². The van der Waals surface area contributed by atoms with E-state index in [9.17, 15) is 13.2 Å². The summed E-state index contributed by atoms with van der Waals surface area (Å²) in [6.07, 6.45) is 3.10. The molecule has 1 aliphatic carbocycles. The van der Waals surface area contributed by atoms with Crippen molar-refractivity contribution in [1.29, 1.82) is 0 Å². The molecular formula is C23H33N3O5S. The van der Waals surface area contributed by atoms with Gasteiger partial charge in [-0.15, -0.1) is 0 Å². The van der Waals surface area contributed by atoms with Crippen LogP contribution in [0.3, 0.4) is 0 Å². The van der Waals surface area contributed by atoms with Gasteiger partial charge in [-0.3, -0.25) is 9.10 Å². The Morgan fingerprint density at radius 2 is 1.91 bits per heavy atom. The second-order valence-corrected chi connectivity index (χ2v) is 10.3. The topological polar surface area (TPSA) is 102 Å². The van der Waals surface area contributed by atoms with Gasteiger partial charge in [-0.2, -0.15) is 0 Å². The molecule has 32 heavy (non-hydrogen) atoms. The number of aryl methyl sites for hydroxylation is 2. The molecule has 0 radical (unpaired) electrons. The highest BCUT2D eigenvalue weighted by atomic mass is 32.2. The third-order valence-corrected chi connectivity index (χ3v) is 8.31. The standard InChI is InChI=1S/C23H33N3O5S/c1-6-30-20-12-10-19(11-13-20)26(32(28,29)23-17(4)25-31-18(23)5)14-22(27)24-21-9-7-8-15(2)16(21)3/h10-13,15-16,21H,6-9,14H2,1-5H3,(H,24,27)/t15-,16-,21+/m0/s1. The molecule has 1 aromatic heterocycles. The van der Waals surface area contributed by atoms with Crippen molar-refractivity contribution >= 4 is 21.6 Å². The van der Waals surface area contributed by atoms with Gasteiger partial charge in [-0.1, -0.05) is 31.8 Å². The largest absolute Gasteiger partial charge is 0.494 e. The smallest absolute Gasteiger partial charge is 0.270 e. The van der Waals surface area contributed by atoms with Crippen LogP contribution in [0.15, 0.2) is 33.7 Å².